The molecule has 0 unspecified atom stereocenters. The molecule has 0 radical (unpaired) electrons. The standard InChI is InChI=1S/C17H19NO3S/c1-11-5-6-14(21-4)13(9-11)10-18(3)17(20)16-8-7-15(22-16)12(2)19/h5-9H,10H2,1-4H3. The van der Waals surface area contributed by atoms with Gasteiger partial charge in [-0.2, -0.15) is 0 Å². The molecular formula is C17H19NO3S. The number of carbonyl (C=O) groups is 2. The molecule has 5 heteroatoms. The minimum atomic E-state index is -0.0962. The van der Waals surface area contributed by atoms with E-state index in [0.717, 1.165) is 16.9 Å². The van der Waals surface area contributed by atoms with Crippen molar-refractivity contribution < 1.29 is 14.3 Å². The van der Waals surface area contributed by atoms with Gasteiger partial charge in [-0.15, -0.1) is 11.3 Å². The molecule has 0 saturated heterocycles. The van der Waals surface area contributed by atoms with Gasteiger partial charge in [-0.1, -0.05) is 17.7 Å². The zero-order chi connectivity index (χ0) is 16.3. The predicted octanol–water partition coefficient (Wildman–Crippen LogP) is 3.54. The molecule has 2 rings (SSSR count). The fraction of sp³-hybridized carbons (Fsp3) is 0.294. The van der Waals surface area contributed by atoms with Gasteiger partial charge in [0, 0.05) is 19.2 Å². The van der Waals surface area contributed by atoms with Gasteiger partial charge in [0.15, 0.2) is 5.78 Å². The Bertz CT molecular complexity index is 706. The average Bonchev–Trinajstić information content (AvgIpc) is 2.96. The van der Waals surface area contributed by atoms with Gasteiger partial charge in [-0.25, -0.2) is 0 Å². The SMILES string of the molecule is COc1ccc(C)cc1CN(C)C(=O)c1ccc(C(C)=O)s1. The van der Waals surface area contributed by atoms with Crippen molar-refractivity contribution in [3.8, 4) is 5.75 Å². The summed E-state index contributed by atoms with van der Waals surface area (Å²) in [6.07, 6.45) is 0. The average molecular weight is 317 g/mol. The molecule has 0 aliphatic rings. The molecular weight excluding hydrogens is 298 g/mol. The van der Waals surface area contributed by atoms with Crippen LogP contribution in [0.5, 0.6) is 5.75 Å². The Hall–Kier alpha value is -2.14. The van der Waals surface area contributed by atoms with Crippen LogP contribution < -0.4 is 4.74 Å². The first-order valence-electron chi connectivity index (χ1n) is 6.92. The van der Waals surface area contributed by atoms with Crippen LogP contribution >= 0.6 is 11.3 Å². The second-order valence-corrected chi connectivity index (χ2v) is 6.28. The van der Waals surface area contributed by atoms with Crippen LogP contribution in [0.25, 0.3) is 0 Å². The number of benzene rings is 1. The molecule has 0 aliphatic carbocycles. The van der Waals surface area contributed by atoms with Gasteiger partial charge in [-0.05, 0) is 32.0 Å². The summed E-state index contributed by atoms with van der Waals surface area (Å²) in [5, 5.41) is 0. The van der Waals surface area contributed by atoms with E-state index in [9.17, 15) is 9.59 Å². The molecule has 0 spiro atoms. The number of Topliss-reactive ketones (excluding diaryl/α,β-unsaturated/α-hetero) is 1. The van der Waals surface area contributed by atoms with Crippen LogP contribution in [0.1, 0.15) is 37.4 Å². The smallest absolute Gasteiger partial charge is 0.263 e. The van der Waals surface area contributed by atoms with E-state index in [4.69, 9.17) is 4.74 Å². The number of hydrogen-bond acceptors (Lipinski definition) is 4. The summed E-state index contributed by atoms with van der Waals surface area (Å²) in [6.45, 7) is 3.96. The predicted molar refractivity (Wildman–Crippen MR) is 87.9 cm³/mol. The second kappa shape index (κ2) is 6.75. The van der Waals surface area contributed by atoms with E-state index < -0.39 is 0 Å². The van der Waals surface area contributed by atoms with E-state index >= 15 is 0 Å². The summed E-state index contributed by atoms with van der Waals surface area (Å²) < 4.78 is 5.34. The minimum absolute atomic E-state index is 0.0212. The largest absolute Gasteiger partial charge is 0.496 e. The molecule has 1 aromatic carbocycles. The summed E-state index contributed by atoms with van der Waals surface area (Å²) in [6, 6.07) is 9.29. The van der Waals surface area contributed by atoms with E-state index in [2.05, 4.69) is 0 Å². The van der Waals surface area contributed by atoms with Crippen molar-refractivity contribution in [2.75, 3.05) is 14.2 Å². The maximum absolute atomic E-state index is 12.5. The van der Waals surface area contributed by atoms with Crippen molar-refractivity contribution in [1.29, 1.82) is 0 Å². The molecule has 1 amide bonds. The molecule has 0 fully saturated rings. The molecule has 1 aromatic heterocycles. The number of nitrogens with zero attached hydrogens (tertiary/aromatic N) is 1. The Morgan fingerprint density at radius 1 is 1.18 bits per heavy atom. The van der Waals surface area contributed by atoms with Crippen LogP contribution in [-0.4, -0.2) is 30.7 Å². The highest BCUT2D eigenvalue weighted by Gasteiger charge is 2.17. The van der Waals surface area contributed by atoms with Crippen molar-refractivity contribution in [2.24, 2.45) is 0 Å². The van der Waals surface area contributed by atoms with Crippen LogP contribution in [0.4, 0.5) is 0 Å². The van der Waals surface area contributed by atoms with Crippen molar-refractivity contribution in [1.82, 2.24) is 4.90 Å². The van der Waals surface area contributed by atoms with Crippen LogP contribution in [-0.2, 0) is 6.54 Å². The fourth-order valence-corrected chi connectivity index (χ4v) is 3.08. The third-order valence-corrected chi connectivity index (χ3v) is 4.53. The van der Waals surface area contributed by atoms with E-state index in [1.54, 1.807) is 31.2 Å². The van der Waals surface area contributed by atoms with Crippen LogP contribution in [0.3, 0.4) is 0 Å². The van der Waals surface area contributed by atoms with Gasteiger partial charge in [0.05, 0.1) is 16.9 Å². The normalized spacial score (nSPS) is 10.4. The minimum Gasteiger partial charge on any atom is -0.496 e. The van der Waals surface area contributed by atoms with E-state index in [0.29, 0.717) is 16.3 Å². The van der Waals surface area contributed by atoms with Crippen LogP contribution in [0.2, 0.25) is 0 Å². The van der Waals surface area contributed by atoms with Gasteiger partial charge in [0.25, 0.3) is 5.91 Å². The third kappa shape index (κ3) is 3.54. The number of carbonyl (C=O) groups excluding carboxylic acids is 2. The van der Waals surface area contributed by atoms with Crippen molar-refractivity contribution >= 4 is 23.0 Å². The molecule has 0 N–H and O–H groups in total. The lowest BCUT2D eigenvalue weighted by Gasteiger charge is -2.18. The van der Waals surface area contributed by atoms with Crippen LogP contribution in [0.15, 0.2) is 30.3 Å². The molecule has 2 aromatic rings. The van der Waals surface area contributed by atoms with Crippen molar-refractivity contribution in [3.63, 3.8) is 0 Å². The maximum atomic E-state index is 12.5. The number of thiophene rings is 1. The highest BCUT2D eigenvalue weighted by atomic mass is 32.1. The summed E-state index contributed by atoms with van der Waals surface area (Å²) in [7, 11) is 3.37. The zero-order valence-electron chi connectivity index (χ0n) is 13.2. The quantitative estimate of drug-likeness (QED) is 0.792. The number of aryl methyl sites for hydroxylation is 1. The summed E-state index contributed by atoms with van der Waals surface area (Å²) in [4.78, 5) is 26.6. The lowest BCUT2D eigenvalue weighted by Crippen LogP contribution is -2.25. The number of methoxy groups -OCH3 is 1. The molecule has 0 aliphatic heterocycles. The second-order valence-electron chi connectivity index (χ2n) is 5.20. The number of hydrogen-bond donors (Lipinski definition) is 0. The van der Waals surface area contributed by atoms with E-state index in [1.807, 2.05) is 25.1 Å². The van der Waals surface area contributed by atoms with E-state index in [-0.39, 0.29) is 11.7 Å². The van der Waals surface area contributed by atoms with Gasteiger partial charge in [-0.3, -0.25) is 9.59 Å². The van der Waals surface area contributed by atoms with Crippen LogP contribution in [0, 0.1) is 6.92 Å². The van der Waals surface area contributed by atoms with Crippen molar-refractivity contribution in [2.45, 2.75) is 20.4 Å². The molecule has 22 heavy (non-hydrogen) atoms. The number of ether oxygens (including phenoxy) is 1. The summed E-state index contributed by atoms with van der Waals surface area (Å²) >= 11 is 1.23. The third-order valence-electron chi connectivity index (χ3n) is 3.35. The van der Waals surface area contributed by atoms with Crippen molar-refractivity contribution in [3.05, 3.63) is 51.2 Å². The lowest BCUT2D eigenvalue weighted by atomic mass is 10.1. The monoisotopic (exact) mass is 317 g/mol. The molecule has 0 atom stereocenters. The number of rotatable bonds is 5. The van der Waals surface area contributed by atoms with Gasteiger partial charge in [0.2, 0.25) is 0 Å². The first-order valence-corrected chi connectivity index (χ1v) is 7.73. The number of amides is 1. The number of ketones is 1. The molecule has 0 saturated carbocycles. The Kier molecular flexibility index (Phi) is 4.98. The highest BCUT2D eigenvalue weighted by molar-refractivity contribution is 7.15. The molecule has 0 bridgehead atoms. The topological polar surface area (TPSA) is 46.6 Å². The fourth-order valence-electron chi connectivity index (χ4n) is 2.19. The lowest BCUT2D eigenvalue weighted by molar-refractivity contribution is 0.0789. The summed E-state index contributed by atoms with van der Waals surface area (Å²) in [5.41, 5.74) is 2.08. The first kappa shape index (κ1) is 16.2. The zero-order valence-corrected chi connectivity index (χ0v) is 14.0. The molecule has 116 valence electrons. The Morgan fingerprint density at radius 2 is 1.86 bits per heavy atom. The summed E-state index contributed by atoms with van der Waals surface area (Å²) in [5.74, 6) is 0.647. The Labute approximate surface area is 134 Å². The van der Waals surface area contributed by atoms with E-state index in [1.165, 1.54) is 18.3 Å². The highest BCUT2D eigenvalue weighted by Crippen LogP contribution is 2.23. The molecule has 4 nitrogen and oxygen atoms in total. The van der Waals surface area contributed by atoms with Gasteiger partial charge < -0.3 is 9.64 Å². The first-order chi connectivity index (χ1) is 10.4. The van der Waals surface area contributed by atoms with Gasteiger partial charge >= 0.3 is 0 Å². The maximum Gasteiger partial charge on any atom is 0.263 e. The Balaban J connectivity index is 2.17. The van der Waals surface area contributed by atoms with Gasteiger partial charge in [0.1, 0.15) is 5.75 Å². The molecule has 1 heterocycles. The Morgan fingerprint density at radius 3 is 2.45 bits per heavy atom.